The van der Waals surface area contributed by atoms with Crippen LogP contribution < -0.4 is 9.88 Å². The Morgan fingerprint density at radius 2 is 1.89 bits per heavy atom. The zero-order valence-corrected chi connectivity index (χ0v) is 16.9. The molecule has 1 N–H and O–H groups in total. The minimum absolute atomic E-state index is 0.198. The lowest BCUT2D eigenvalue weighted by atomic mass is 9.99. The molecule has 0 saturated carbocycles. The predicted octanol–water partition coefficient (Wildman–Crippen LogP) is 4.17. The molecular weight excluding hydrogens is 375 g/mol. The number of aromatic nitrogens is 1. The molecule has 2 heterocycles. The first-order valence-corrected chi connectivity index (χ1v) is 11.1. The Kier molecular flexibility index (Phi) is 4.83. The van der Waals surface area contributed by atoms with Crippen LogP contribution in [0.5, 0.6) is 0 Å². The van der Waals surface area contributed by atoms with Crippen molar-refractivity contribution >= 4 is 26.4 Å². The van der Waals surface area contributed by atoms with Gasteiger partial charge in [0.1, 0.15) is 5.82 Å². The maximum Gasteiger partial charge on any atom is 0.214 e. The van der Waals surface area contributed by atoms with Crippen LogP contribution in [0.1, 0.15) is 25.3 Å². The van der Waals surface area contributed by atoms with Crippen molar-refractivity contribution in [1.82, 2.24) is 0 Å². The van der Waals surface area contributed by atoms with Crippen molar-refractivity contribution in [3.05, 3.63) is 60.0 Å². The van der Waals surface area contributed by atoms with Crippen molar-refractivity contribution in [2.24, 2.45) is 5.92 Å². The van der Waals surface area contributed by atoms with Crippen LogP contribution in [0, 0.1) is 18.7 Å². The maximum atomic E-state index is 14.1. The smallest absolute Gasteiger partial charge is 0.214 e. The molecule has 1 atom stereocenters. The van der Waals surface area contributed by atoms with E-state index in [4.69, 9.17) is 0 Å². The number of hydrogen-bond acceptors (Lipinski definition) is 3. The third-order valence-corrected chi connectivity index (χ3v) is 7.21. The Bertz CT molecular complexity index is 1130. The second-order valence-corrected chi connectivity index (χ2v) is 9.62. The van der Waals surface area contributed by atoms with E-state index < -0.39 is 9.84 Å². The molecule has 0 amide bonds. The number of benzene rings is 2. The number of halogens is 1. The van der Waals surface area contributed by atoms with Crippen LogP contribution in [0.4, 0.5) is 10.1 Å². The van der Waals surface area contributed by atoms with E-state index in [1.165, 1.54) is 12.1 Å². The Morgan fingerprint density at radius 1 is 1.14 bits per heavy atom. The van der Waals surface area contributed by atoms with Gasteiger partial charge in [0.05, 0.1) is 16.0 Å². The second-order valence-electron chi connectivity index (χ2n) is 7.70. The highest BCUT2D eigenvalue weighted by Crippen LogP contribution is 2.37. The average Bonchev–Trinajstić information content (AvgIpc) is 2.67. The molecule has 28 heavy (non-hydrogen) atoms. The summed E-state index contributed by atoms with van der Waals surface area (Å²) in [5.41, 5.74) is 2.31. The zero-order valence-electron chi connectivity index (χ0n) is 16.1. The Labute approximate surface area is 164 Å². The van der Waals surface area contributed by atoms with E-state index in [2.05, 4.69) is 16.8 Å². The summed E-state index contributed by atoms with van der Waals surface area (Å²) in [5, 5.41) is 0.599. The third kappa shape index (κ3) is 3.37. The van der Waals surface area contributed by atoms with Crippen LogP contribution in [-0.2, 0) is 9.84 Å². The van der Waals surface area contributed by atoms with Crippen molar-refractivity contribution in [3.63, 3.8) is 0 Å². The van der Waals surface area contributed by atoms with Crippen LogP contribution in [0.25, 0.3) is 10.9 Å². The lowest BCUT2D eigenvalue weighted by Crippen LogP contribution is -2.36. The average molecular weight is 400 g/mol. The van der Waals surface area contributed by atoms with E-state index in [-0.39, 0.29) is 15.6 Å². The van der Waals surface area contributed by atoms with Crippen molar-refractivity contribution in [2.75, 3.05) is 18.0 Å². The van der Waals surface area contributed by atoms with Crippen LogP contribution >= 0.6 is 0 Å². The lowest BCUT2D eigenvalue weighted by molar-refractivity contribution is -0.347. The van der Waals surface area contributed by atoms with Crippen LogP contribution in [0.3, 0.4) is 0 Å². The Morgan fingerprint density at radius 3 is 2.61 bits per heavy atom. The first kappa shape index (κ1) is 18.9. The lowest BCUT2D eigenvalue weighted by Gasteiger charge is -2.34. The Balaban J connectivity index is 1.97. The summed E-state index contributed by atoms with van der Waals surface area (Å²) >= 11 is 0. The van der Waals surface area contributed by atoms with E-state index >= 15 is 0 Å². The second kappa shape index (κ2) is 7.17. The van der Waals surface area contributed by atoms with Crippen molar-refractivity contribution in [3.8, 4) is 0 Å². The summed E-state index contributed by atoms with van der Waals surface area (Å²) in [6.07, 6.45) is 3.65. The molecule has 4 rings (SSSR count). The molecule has 146 valence electrons. The fourth-order valence-corrected chi connectivity index (χ4v) is 5.41. The van der Waals surface area contributed by atoms with Gasteiger partial charge in [0.2, 0.25) is 15.4 Å². The van der Waals surface area contributed by atoms with E-state index in [0.717, 1.165) is 37.0 Å². The number of nitrogens with zero attached hydrogens (tertiary/aromatic N) is 1. The number of nitrogens with one attached hydrogen (secondary N) is 1. The van der Waals surface area contributed by atoms with Gasteiger partial charge in [-0.15, -0.1) is 0 Å². The first-order valence-electron chi connectivity index (χ1n) is 9.57. The van der Waals surface area contributed by atoms with Gasteiger partial charge >= 0.3 is 0 Å². The number of aromatic amines is 1. The number of pyridine rings is 1. The van der Waals surface area contributed by atoms with Gasteiger partial charge in [-0.3, -0.25) is 0 Å². The van der Waals surface area contributed by atoms with Gasteiger partial charge in [-0.25, -0.2) is 17.8 Å². The highest BCUT2D eigenvalue weighted by molar-refractivity contribution is 7.91. The van der Waals surface area contributed by atoms with Gasteiger partial charge < -0.3 is 4.90 Å². The van der Waals surface area contributed by atoms with Gasteiger partial charge in [0.15, 0.2) is 11.1 Å². The van der Waals surface area contributed by atoms with E-state index in [1.54, 1.807) is 36.5 Å². The number of hydrogen-bond donors (Lipinski definition) is 0. The fourth-order valence-electron chi connectivity index (χ4n) is 3.95. The van der Waals surface area contributed by atoms with Gasteiger partial charge in [-0.2, -0.15) is 0 Å². The molecule has 0 radical (unpaired) electrons. The Hall–Kier alpha value is -2.47. The number of H-pyrrole nitrogens is 1. The largest absolute Gasteiger partial charge is 0.369 e. The number of anilines is 1. The highest BCUT2D eigenvalue weighted by Gasteiger charge is 2.31. The molecule has 0 unspecified atom stereocenters. The van der Waals surface area contributed by atoms with Crippen LogP contribution in [0.15, 0.2) is 58.5 Å². The molecule has 1 fully saturated rings. The zero-order chi connectivity index (χ0) is 19.9. The normalized spacial score (nSPS) is 17.8. The van der Waals surface area contributed by atoms with E-state index in [9.17, 15) is 12.8 Å². The molecule has 1 saturated heterocycles. The number of fused-ring (bicyclic) bond motifs is 1. The molecule has 6 heteroatoms. The molecule has 2 aromatic carbocycles. The van der Waals surface area contributed by atoms with Crippen molar-refractivity contribution in [2.45, 2.75) is 36.5 Å². The number of sulfone groups is 1. The maximum absolute atomic E-state index is 14.1. The van der Waals surface area contributed by atoms with Crippen LogP contribution in [0.2, 0.25) is 0 Å². The van der Waals surface area contributed by atoms with Crippen molar-refractivity contribution in [1.29, 1.82) is 0 Å². The fraction of sp³-hybridized carbons (Fsp3) is 0.318. The minimum Gasteiger partial charge on any atom is -0.369 e. The SMILES string of the molecule is Cc1ccc(S(=O)(=O)c2c[nH+]c3ccc(F)cc3c2N2CCC[C@H](C)C2)cc1. The first-order chi connectivity index (χ1) is 13.4. The number of rotatable bonds is 3. The van der Waals surface area contributed by atoms with Crippen molar-refractivity contribution < 1.29 is 17.8 Å². The van der Waals surface area contributed by atoms with Gasteiger partial charge in [0.25, 0.3) is 0 Å². The molecule has 1 aliphatic heterocycles. The topological polar surface area (TPSA) is 51.5 Å². The number of piperidine rings is 1. The summed E-state index contributed by atoms with van der Waals surface area (Å²) in [4.78, 5) is 5.60. The molecule has 4 nitrogen and oxygen atoms in total. The molecular formula is C22H24FN2O2S+. The van der Waals surface area contributed by atoms with Gasteiger partial charge in [-0.05, 0) is 49.9 Å². The van der Waals surface area contributed by atoms with Gasteiger partial charge in [0, 0.05) is 19.2 Å². The molecule has 0 aliphatic carbocycles. The molecule has 1 aliphatic rings. The summed E-state index contributed by atoms with van der Waals surface area (Å²) in [7, 11) is -3.75. The highest BCUT2D eigenvalue weighted by atomic mass is 32.2. The molecule has 0 bridgehead atoms. The summed E-state index contributed by atoms with van der Waals surface area (Å²) in [6, 6.07) is 11.3. The minimum atomic E-state index is -3.75. The quantitative estimate of drug-likeness (QED) is 0.664. The van der Waals surface area contributed by atoms with E-state index in [1.807, 2.05) is 6.92 Å². The van der Waals surface area contributed by atoms with Crippen LogP contribution in [-0.4, -0.2) is 21.5 Å². The third-order valence-electron chi connectivity index (χ3n) is 5.42. The molecule has 0 spiro atoms. The molecule has 3 aromatic rings. The van der Waals surface area contributed by atoms with Gasteiger partial charge in [-0.1, -0.05) is 24.6 Å². The monoisotopic (exact) mass is 399 g/mol. The summed E-state index contributed by atoms with van der Waals surface area (Å²) in [5.74, 6) is 0.0774. The standard InChI is InChI=1S/C22H23FN2O2S/c1-15-5-8-18(9-6-15)28(26,27)21-13-24-20-10-7-17(23)12-19(20)22(21)25-11-3-4-16(2)14-25/h5-10,12-13,16H,3-4,11,14H2,1-2H3/p+1/t16-/m0/s1. The summed E-state index contributed by atoms with van der Waals surface area (Å²) in [6.45, 7) is 5.60. The predicted molar refractivity (Wildman–Crippen MR) is 108 cm³/mol. The number of aryl methyl sites for hydroxylation is 1. The summed E-state index contributed by atoms with van der Waals surface area (Å²) < 4.78 is 41.0. The van der Waals surface area contributed by atoms with E-state index in [0.29, 0.717) is 17.0 Å². The molecule has 1 aromatic heterocycles.